The molecular formula is C19H22N2. The van der Waals surface area contributed by atoms with Crippen molar-refractivity contribution >= 4 is 0 Å². The van der Waals surface area contributed by atoms with Crippen molar-refractivity contribution in [2.24, 2.45) is 0 Å². The predicted molar refractivity (Wildman–Crippen MR) is 86.9 cm³/mol. The van der Waals surface area contributed by atoms with Gasteiger partial charge in [0.2, 0.25) is 0 Å². The van der Waals surface area contributed by atoms with Gasteiger partial charge in [0.05, 0.1) is 11.5 Å². The minimum Gasteiger partial charge on any atom is -0.310 e. The second-order valence-corrected chi connectivity index (χ2v) is 5.65. The number of nitrogens with zero attached hydrogens (tertiary/aromatic N) is 1. The van der Waals surface area contributed by atoms with Gasteiger partial charge in [0.25, 0.3) is 0 Å². The Morgan fingerprint density at radius 3 is 2.19 bits per heavy atom. The quantitative estimate of drug-likeness (QED) is 0.859. The van der Waals surface area contributed by atoms with Gasteiger partial charge in [-0.15, -0.1) is 0 Å². The first-order valence-electron chi connectivity index (χ1n) is 7.41. The lowest BCUT2D eigenvalue weighted by atomic mass is 9.81. The van der Waals surface area contributed by atoms with E-state index in [2.05, 4.69) is 42.6 Å². The second-order valence-electron chi connectivity index (χ2n) is 5.65. The van der Waals surface area contributed by atoms with Gasteiger partial charge in [-0.2, -0.15) is 5.26 Å². The molecule has 2 aromatic rings. The maximum Gasteiger partial charge on any atom is 0.0806 e. The van der Waals surface area contributed by atoms with Crippen LogP contribution in [0.2, 0.25) is 0 Å². The summed E-state index contributed by atoms with van der Waals surface area (Å²) in [5.74, 6) is 0. The second kappa shape index (κ2) is 7.06. The molecule has 2 rings (SSSR count). The monoisotopic (exact) mass is 278 g/mol. The summed E-state index contributed by atoms with van der Waals surface area (Å²) in [5.41, 5.74) is 1.92. The van der Waals surface area contributed by atoms with Crippen molar-refractivity contribution in [2.45, 2.75) is 31.7 Å². The molecule has 0 spiro atoms. The minimum absolute atomic E-state index is 0.296. The SMILES string of the molecule is C[C@H](NCCC(C)(C#N)c1ccccc1)c1ccccc1. The van der Waals surface area contributed by atoms with Crippen LogP contribution in [0.5, 0.6) is 0 Å². The molecule has 2 aromatic carbocycles. The summed E-state index contributed by atoms with van der Waals surface area (Å²) in [6, 6.07) is 23.2. The van der Waals surface area contributed by atoms with Gasteiger partial charge in [-0.05, 0) is 37.9 Å². The third-order valence-corrected chi connectivity index (χ3v) is 4.03. The van der Waals surface area contributed by atoms with E-state index in [9.17, 15) is 5.26 Å². The molecule has 0 amide bonds. The highest BCUT2D eigenvalue weighted by molar-refractivity contribution is 5.31. The summed E-state index contributed by atoms with van der Waals surface area (Å²) in [4.78, 5) is 0. The third kappa shape index (κ3) is 3.93. The van der Waals surface area contributed by atoms with E-state index in [1.807, 2.05) is 43.3 Å². The van der Waals surface area contributed by atoms with Crippen LogP contribution in [0.3, 0.4) is 0 Å². The zero-order chi connectivity index (χ0) is 15.1. The molecule has 2 atom stereocenters. The summed E-state index contributed by atoms with van der Waals surface area (Å²) < 4.78 is 0. The molecule has 0 radical (unpaired) electrons. The average molecular weight is 278 g/mol. The van der Waals surface area contributed by atoms with Crippen molar-refractivity contribution in [1.29, 1.82) is 5.26 Å². The lowest BCUT2D eigenvalue weighted by molar-refractivity contribution is 0.481. The molecule has 0 aliphatic rings. The van der Waals surface area contributed by atoms with Gasteiger partial charge in [0.1, 0.15) is 0 Å². The van der Waals surface area contributed by atoms with Crippen molar-refractivity contribution in [1.82, 2.24) is 5.32 Å². The van der Waals surface area contributed by atoms with E-state index in [-0.39, 0.29) is 0 Å². The Morgan fingerprint density at radius 1 is 1.05 bits per heavy atom. The topological polar surface area (TPSA) is 35.8 Å². The first-order valence-corrected chi connectivity index (χ1v) is 7.41. The maximum atomic E-state index is 9.54. The van der Waals surface area contributed by atoms with E-state index in [0.29, 0.717) is 6.04 Å². The number of benzene rings is 2. The van der Waals surface area contributed by atoms with Crippen molar-refractivity contribution in [3.8, 4) is 6.07 Å². The molecule has 0 heterocycles. The normalized spacial score (nSPS) is 14.9. The van der Waals surface area contributed by atoms with Crippen molar-refractivity contribution < 1.29 is 0 Å². The number of rotatable bonds is 6. The molecule has 0 saturated carbocycles. The molecule has 1 N–H and O–H groups in total. The van der Waals surface area contributed by atoms with Crippen LogP contribution in [0, 0.1) is 11.3 Å². The zero-order valence-corrected chi connectivity index (χ0v) is 12.7. The molecule has 0 aromatic heterocycles. The van der Waals surface area contributed by atoms with E-state index in [1.54, 1.807) is 0 Å². The molecule has 0 saturated heterocycles. The van der Waals surface area contributed by atoms with Gasteiger partial charge in [-0.25, -0.2) is 0 Å². The van der Waals surface area contributed by atoms with Gasteiger partial charge < -0.3 is 5.32 Å². The van der Waals surface area contributed by atoms with E-state index in [4.69, 9.17) is 0 Å². The minimum atomic E-state index is -0.440. The first-order chi connectivity index (χ1) is 10.2. The molecule has 2 heteroatoms. The molecule has 0 aliphatic carbocycles. The highest BCUT2D eigenvalue weighted by Gasteiger charge is 2.25. The fourth-order valence-electron chi connectivity index (χ4n) is 2.47. The fraction of sp³-hybridized carbons (Fsp3) is 0.316. The Kier molecular flexibility index (Phi) is 5.14. The molecule has 108 valence electrons. The van der Waals surface area contributed by atoms with Crippen molar-refractivity contribution in [3.63, 3.8) is 0 Å². The molecule has 0 aliphatic heterocycles. The fourth-order valence-corrected chi connectivity index (χ4v) is 2.47. The Balaban J connectivity index is 1.94. The van der Waals surface area contributed by atoms with E-state index in [0.717, 1.165) is 18.5 Å². The third-order valence-electron chi connectivity index (χ3n) is 4.03. The Bertz CT molecular complexity index is 586. The predicted octanol–water partition coefficient (Wildman–Crippen LogP) is 4.21. The van der Waals surface area contributed by atoms with Gasteiger partial charge in [0, 0.05) is 6.04 Å². The molecule has 0 bridgehead atoms. The van der Waals surface area contributed by atoms with Crippen LogP contribution < -0.4 is 5.32 Å². The number of hydrogen-bond donors (Lipinski definition) is 1. The van der Waals surface area contributed by atoms with E-state index >= 15 is 0 Å². The highest BCUT2D eigenvalue weighted by Crippen LogP contribution is 2.26. The van der Waals surface area contributed by atoms with Crippen LogP contribution in [0.1, 0.15) is 37.4 Å². The van der Waals surface area contributed by atoms with Crippen molar-refractivity contribution in [2.75, 3.05) is 6.54 Å². The number of nitriles is 1. The smallest absolute Gasteiger partial charge is 0.0806 e. The van der Waals surface area contributed by atoms with Crippen LogP contribution >= 0.6 is 0 Å². The van der Waals surface area contributed by atoms with Crippen LogP contribution in [0.15, 0.2) is 60.7 Å². The van der Waals surface area contributed by atoms with E-state index in [1.165, 1.54) is 5.56 Å². The first kappa shape index (κ1) is 15.3. The number of hydrogen-bond acceptors (Lipinski definition) is 2. The Labute approximate surface area is 127 Å². The Morgan fingerprint density at radius 2 is 1.62 bits per heavy atom. The molecule has 0 fully saturated rings. The van der Waals surface area contributed by atoms with Crippen LogP contribution in [-0.4, -0.2) is 6.54 Å². The van der Waals surface area contributed by atoms with Gasteiger partial charge >= 0.3 is 0 Å². The molecule has 2 nitrogen and oxygen atoms in total. The van der Waals surface area contributed by atoms with Crippen LogP contribution in [-0.2, 0) is 5.41 Å². The standard InChI is InChI=1S/C19H22N2/c1-16(17-9-5-3-6-10-17)21-14-13-19(2,15-20)18-11-7-4-8-12-18/h3-12,16,21H,13-14H2,1-2H3/t16-,19?/m0/s1. The van der Waals surface area contributed by atoms with E-state index < -0.39 is 5.41 Å². The summed E-state index contributed by atoms with van der Waals surface area (Å²) in [7, 11) is 0. The average Bonchev–Trinajstić information content (AvgIpc) is 2.56. The lowest BCUT2D eigenvalue weighted by Crippen LogP contribution is -2.28. The van der Waals surface area contributed by atoms with Gasteiger partial charge in [-0.3, -0.25) is 0 Å². The highest BCUT2D eigenvalue weighted by atomic mass is 14.9. The molecule has 21 heavy (non-hydrogen) atoms. The summed E-state index contributed by atoms with van der Waals surface area (Å²) >= 11 is 0. The molecule has 1 unspecified atom stereocenters. The summed E-state index contributed by atoms with van der Waals surface area (Å²) in [5, 5.41) is 13.1. The number of nitrogens with one attached hydrogen (secondary N) is 1. The summed E-state index contributed by atoms with van der Waals surface area (Å²) in [6.45, 7) is 4.98. The Hall–Kier alpha value is -2.11. The summed E-state index contributed by atoms with van der Waals surface area (Å²) in [6.07, 6.45) is 0.796. The van der Waals surface area contributed by atoms with Gasteiger partial charge in [-0.1, -0.05) is 60.7 Å². The van der Waals surface area contributed by atoms with Crippen molar-refractivity contribution in [3.05, 3.63) is 71.8 Å². The largest absolute Gasteiger partial charge is 0.310 e. The van der Waals surface area contributed by atoms with Gasteiger partial charge in [0.15, 0.2) is 0 Å². The zero-order valence-electron chi connectivity index (χ0n) is 12.7. The van der Waals surface area contributed by atoms with Crippen LogP contribution in [0.4, 0.5) is 0 Å². The van der Waals surface area contributed by atoms with Crippen LogP contribution in [0.25, 0.3) is 0 Å². The lowest BCUT2D eigenvalue weighted by Gasteiger charge is -2.23. The molecular weight excluding hydrogens is 256 g/mol. The maximum absolute atomic E-state index is 9.54.